The molecule has 4 heterocycles. The van der Waals surface area contributed by atoms with E-state index < -0.39 is 0 Å². The van der Waals surface area contributed by atoms with Gasteiger partial charge in [-0.15, -0.1) is 0 Å². The fourth-order valence-electron chi connectivity index (χ4n) is 6.22. The lowest BCUT2D eigenvalue weighted by Crippen LogP contribution is -2.55. The van der Waals surface area contributed by atoms with Gasteiger partial charge < -0.3 is 29.1 Å². The number of benzene rings is 2. The summed E-state index contributed by atoms with van der Waals surface area (Å²) >= 11 is 5.98. The Hall–Kier alpha value is -4.39. The highest BCUT2D eigenvalue weighted by molar-refractivity contribution is 6.30. The van der Waals surface area contributed by atoms with Crippen molar-refractivity contribution in [3.63, 3.8) is 0 Å². The second-order valence-corrected chi connectivity index (χ2v) is 12.6. The average Bonchev–Trinajstić information content (AvgIpc) is 3.77. The summed E-state index contributed by atoms with van der Waals surface area (Å²) < 4.78 is 15.2. The van der Waals surface area contributed by atoms with Gasteiger partial charge in [0.1, 0.15) is 12.2 Å². The third kappa shape index (κ3) is 7.83. The van der Waals surface area contributed by atoms with Crippen LogP contribution in [0, 0.1) is 6.92 Å². The van der Waals surface area contributed by atoms with Crippen LogP contribution in [0.3, 0.4) is 0 Å². The Morgan fingerprint density at radius 2 is 1.38 bits per heavy atom. The molecular formula is C35H43ClN8O4. The van der Waals surface area contributed by atoms with Crippen LogP contribution in [0.5, 0.6) is 0 Å². The van der Waals surface area contributed by atoms with Gasteiger partial charge in [0.15, 0.2) is 0 Å². The van der Waals surface area contributed by atoms with Gasteiger partial charge in [-0.1, -0.05) is 35.9 Å². The number of amides is 2. The molecule has 2 atom stereocenters. The molecule has 4 aromatic rings. The van der Waals surface area contributed by atoms with E-state index >= 15 is 0 Å². The second-order valence-electron chi connectivity index (χ2n) is 12.2. The molecule has 2 aliphatic heterocycles. The van der Waals surface area contributed by atoms with Gasteiger partial charge in [-0.3, -0.25) is 0 Å². The fraction of sp³-hybridized carbons (Fsp3) is 0.429. The van der Waals surface area contributed by atoms with E-state index in [0.717, 1.165) is 47.7 Å². The van der Waals surface area contributed by atoms with Gasteiger partial charge in [0.25, 0.3) is 0 Å². The maximum Gasteiger partial charge on any atom is 0.344 e. The van der Waals surface area contributed by atoms with E-state index in [1.54, 1.807) is 22.2 Å². The molecule has 2 amide bonds. The fourth-order valence-corrected chi connectivity index (χ4v) is 6.35. The zero-order chi connectivity index (χ0) is 33.6. The molecule has 254 valence electrons. The highest BCUT2D eigenvalue weighted by Crippen LogP contribution is 2.26. The van der Waals surface area contributed by atoms with Crippen molar-refractivity contribution in [1.29, 1.82) is 0 Å². The first kappa shape index (κ1) is 33.5. The highest BCUT2D eigenvalue weighted by atomic mass is 35.5. The largest absolute Gasteiger partial charge is 0.372 e. The van der Waals surface area contributed by atoms with Crippen LogP contribution in [-0.4, -0.2) is 106 Å². The van der Waals surface area contributed by atoms with Crippen molar-refractivity contribution >= 4 is 35.0 Å². The van der Waals surface area contributed by atoms with Crippen molar-refractivity contribution in [2.24, 2.45) is 0 Å². The van der Waals surface area contributed by atoms with E-state index in [9.17, 15) is 9.59 Å². The number of anilines is 2. The summed E-state index contributed by atoms with van der Waals surface area (Å²) in [6.07, 6.45) is 6.27. The molecule has 2 aromatic heterocycles. The zero-order valence-corrected chi connectivity index (χ0v) is 28.5. The first-order chi connectivity index (χ1) is 23.3. The highest BCUT2D eigenvalue weighted by Gasteiger charge is 2.33. The summed E-state index contributed by atoms with van der Waals surface area (Å²) in [4.78, 5) is 34.1. The summed E-state index contributed by atoms with van der Waals surface area (Å²) in [5.41, 5.74) is 5.27. The van der Waals surface area contributed by atoms with Crippen LogP contribution in [0.2, 0.25) is 5.02 Å². The summed E-state index contributed by atoms with van der Waals surface area (Å²) in [5.74, 6) is 0. The molecular weight excluding hydrogens is 632 g/mol. The normalized spacial score (nSPS) is 18.2. The number of aryl methyl sites for hydroxylation is 1. The molecule has 0 bridgehead atoms. The monoisotopic (exact) mass is 674 g/mol. The molecule has 48 heavy (non-hydrogen) atoms. The molecule has 12 nitrogen and oxygen atoms in total. The molecule has 0 saturated carbocycles. The van der Waals surface area contributed by atoms with Gasteiger partial charge in [-0.05, 0) is 61.7 Å². The van der Waals surface area contributed by atoms with Crippen molar-refractivity contribution in [2.75, 3.05) is 62.3 Å². The molecule has 6 rings (SSSR count). The van der Waals surface area contributed by atoms with Gasteiger partial charge >= 0.3 is 12.1 Å². The number of hydrogen-bond acceptors (Lipinski definition) is 8. The molecule has 2 unspecified atom stereocenters. The maximum atomic E-state index is 13.0. The van der Waals surface area contributed by atoms with Gasteiger partial charge in [0.05, 0.1) is 36.8 Å². The Balaban J connectivity index is 1.06. The van der Waals surface area contributed by atoms with Gasteiger partial charge in [0, 0.05) is 69.9 Å². The van der Waals surface area contributed by atoms with E-state index in [2.05, 4.69) is 56.4 Å². The number of morpholine rings is 2. The van der Waals surface area contributed by atoms with Crippen molar-refractivity contribution in [1.82, 2.24) is 29.4 Å². The number of rotatable bonds is 9. The van der Waals surface area contributed by atoms with Crippen molar-refractivity contribution in [2.45, 2.75) is 46.1 Å². The third-order valence-corrected chi connectivity index (χ3v) is 9.08. The standard InChI is InChI=1S/C35H43ClN8O4/c1-4-39(34(45)43-20-26(3)18-37-43)21-27-9-11-30(12-10-27)41-13-15-47-32(24-41)33-25-42(14-16-48-33)31-8-6-7-28(17-31)22-40(5-2)35(46)44-23-29(36)19-38-44/h6-12,17-20,23,32-33H,4-5,13-16,21-22,24-25H2,1-3H3. The van der Waals surface area contributed by atoms with Crippen LogP contribution < -0.4 is 9.80 Å². The topological polar surface area (TPSA) is 101 Å². The number of halogens is 1. The van der Waals surface area contributed by atoms with Crippen LogP contribution in [0.15, 0.2) is 73.3 Å². The lowest BCUT2D eigenvalue weighted by Gasteiger charge is -2.42. The number of carbonyl (C=O) groups is 2. The minimum Gasteiger partial charge on any atom is -0.372 e. The Bertz CT molecular complexity index is 1690. The summed E-state index contributed by atoms with van der Waals surface area (Å²) in [6.45, 7) is 12.2. The summed E-state index contributed by atoms with van der Waals surface area (Å²) in [5, 5.41) is 8.67. The van der Waals surface area contributed by atoms with E-state index in [-0.39, 0.29) is 24.3 Å². The van der Waals surface area contributed by atoms with E-state index in [4.69, 9.17) is 21.1 Å². The van der Waals surface area contributed by atoms with Crippen molar-refractivity contribution < 1.29 is 19.1 Å². The number of ether oxygens (including phenoxy) is 2. The Kier molecular flexibility index (Phi) is 10.6. The number of nitrogens with zero attached hydrogens (tertiary/aromatic N) is 8. The van der Waals surface area contributed by atoms with E-state index in [1.165, 1.54) is 21.8 Å². The zero-order valence-electron chi connectivity index (χ0n) is 27.7. The summed E-state index contributed by atoms with van der Waals surface area (Å²) in [7, 11) is 0. The minimum atomic E-state index is -0.214. The first-order valence-electron chi connectivity index (χ1n) is 16.5. The van der Waals surface area contributed by atoms with Crippen molar-refractivity contribution in [3.8, 4) is 0 Å². The summed E-state index contributed by atoms with van der Waals surface area (Å²) in [6, 6.07) is 16.4. The number of aromatic nitrogens is 4. The molecule has 2 fully saturated rings. The Labute approximate surface area is 286 Å². The third-order valence-electron chi connectivity index (χ3n) is 8.88. The first-order valence-corrected chi connectivity index (χ1v) is 16.9. The van der Waals surface area contributed by atoms with Crippen LogP contribution >= 0.6 is 11.6 Å². The predicted molar refractivity (Wildman–Crippen MR) is 185 cm³/mol. The van der Waals surface area contributed by atoms with Crippen LogP contribution in [0.25, 0.3) is 0 Å². The lowest BCUT2D eigenvalue weighted by atomic mass is 10.1. The molecule has 0 spiro atoms. The lowest BCUT2D eigenvalue weighted by molar-refractivity contribution is -0.0825. The van der Waals surface area contributed by atoms with Gasteiger partial charge in [0.2, 0.25) is 0 Å². The number of hydrogen-bond donors (Lipinski definition) is 0. The van der Waals surface area contributed by atoms with E-state index in [0.29, 0.717) is 51.0 Å². The predicted octanol–water partition coefficient (Wildman–Crippen LogP) is 5.13. The molecule has 0 N–H and O–H groups in total. The second kappa shape index (κ2) is 15.2. The van der Waals surface area contributed by atoms with Gasteiger partial charge in [-0.25, -0.2) is 9.59 Å². The molecule has 2 aromatic carbocycles. The molecule has 2 saturated heterocycles. The molecule has 0 aliphatic carbocycles. The van der Waals surface area contributed by atoms with E-state index in [1.807, 2.05) is 32.9 Å². The quantitative estimate of drug-likeness (QED) is 0.241. The number of carbonyl (C=O) groups excluding carboxylic acids is 2. The van der Waals surface area contributed by atoms with Crippen LogP contribution in [0.1, 0.15) is 30.5 Å². The van der Waals surface area contributed by atoms with Gasteiger partial charge in [-0.2, -0.15) is 19.6 Å². The van der Waals surface area contributed by atoms with Crippen molar-refractivity contribution in [3.05, 3.63) is 95.0 Å². The minimum absolute atomic E-state index is 0.0794. The Morgan fingerprint density at radius 3 is 1.94 bits per heavy atom. The SMILES string of the molecule is CCN(Cc1ccc(N2CCOC(C3CN(c4cccc(CN(CC)C(=O)n5cc(Cl)cn5)c4)CCO3)C2)cc1)C(=O)n1cc(C)cn1. The Morgan fingerprint density at radius 1 is 0.792 bits per heavy atom. The molecule has 0 radical (unpaired) electrons. The maximum absolute atomic E-state index is 13.0. The van der Waals surface area contributed by atoms with Crippen LogP contribution in [0.4, 0.5) is 21.0 Å². The molecule has 13 heteroatoms. The average molecular weight is 675 g/mol. The molecule has 2 aliphatic rings. The smallest absolute Gasteiger partial charge is 0.344 e. The van der Waals surface area contributed by atoms with Crippen LogP contribution in [-0.2, 0) is 22.6 Å².